The molecule has 0 saturated carbocycles. The first-order chi connectivity index (χ1) is 9.24. The zero-order chi connectivity index (χ0) is 13.7. The van der Waals surface area contributed by atoms with Crippen molar-refractivity contribution in [1.29, 1.82) is 0 Å². The van der Waals surface area contributed by atoms with Crippen molar-refractivity contribution in [2.24, 2.45) is 5.73 Å². The number of benzene rings is 1. The van der Waals surface area contributed by atoms with E-state index >= 15 is 0 Å². The first kappa shape index (κ1) is 13.6. The van der Waals surface area contributed by atoms with Crippen molar-refractivity contribution in [3.8, 4) is 11.8 Å². The van der Waals surface area contributed by atoms with Crippen LogP contribution in [0.25, 0.3) is 0 Å². The van der Waals surface area contributed by atoms with E-state index in [4.69, 9.17) is 10.5 Å². The highest BCUT2D eigenvalue weighted by molar-refractivity contribution is 5.97. The van der Waals surface area contributed by atoms with E-state index in [1.165, 1.54) is 0 Å². The van der Waals surface area contributed by atoms with Gasteiger partial charge in [-0.15, -0.1) is 0 Å². The van der Waals surface area contributed by atoms with Gasteiger partial charge in [-0.25, -0.2) is 0 Å². The molecule has 2 N–H and O–H groups in total. The summed E-state index contributed by atoms with van der Waals surface area (Å²) >= 11 is 0. The molecule has 1 saturated heterocycles. The molecule has 0 bridgehead atoms. The molecule has 100 valence electrons. The number of rotatable bonds is 1. The molecule has 19 heavy (non-hydrogen) atoms. The van der Waals surface area contributed by atoms with Crippen LogP contribution in [0.1, 0.15) is 22.8 Å². The van der Waals surface area contributed by atoms with Crippen LogP contribution in [-0.2, 0) is 4.74 Å². The molecule has 1 aromatic rings. The Hall–Kier alpha value is -1.83. The molecule has 1 amide bonds. The van der Waals surface area contributed by atoms with Gasteiger partial charge in [-0.3, -0.25) is 4.79 Å². The second-order valence-corrected chi connectivity index (χ2v) is 4.47. The maximum absolute atomic E-state index is 12.6. The van der Waals surface area contributed by atoms with Gasteiger partial charge in [0.1, 0.15) is 0 Å². The lowest BCUT2D eigenvalue weighted by Crippen LogP contribution is -2.47. The normalized spacial score (nSPS) is 18.6. The van der Waals surface area contributed by atoms with E-state index in [1.807, 2.05) is 36.1 Å². The summed E-state index contributed by atoms with van der Waals surface area (Å²) < 4.78 is 5.35. The minimum absolute atomic E-state index is 0.0118. The second-order valence-electron chi connectivity index (χ2n) is 4.47. The summed E-state index contributed by atoms with van der Waals surface area (Å²) in [6.45, 7) is 4.08. The average Bonchev–Trinajstić information content (AvgIpc) is 2.45. The molecule has 1 aliphatic rings. The van der Waals surface area contributed by atoms with Gasteiger partial charge >= 0.3 is 0 Å². The monoisotopic (exact) mass is 258 g/mol. The third-order valence-corrected chi connectivity index (χ3v) is 3.11. The fourth-order valence-electron chi connectivity index (χ4n) is 2.11. The highest BCUT2D eigenvalue weighted by atomic mass is 16.5. The Balaban J connectivity index is 2.27. The summed E-state index contributed by atoms with van der Waals surface area (Å²) in [7, 11) is 0. The summed E-state index contributed by atoms with van der Waals surface area (Å²) in [4.78, 5) is 14.4. The fraction of sp³-hybridized carbons (Fsp3) is 0.400. The lowest BCUT2D eigenvalue weighted by Gasteiger charge is -2.33. The molecule has 0 aliphatic carbocycles. The third kappa shape index (κ3) is 3.14. The van der Waals surface area contributed by atoms with E-state index in [2.05, 4.69) is 11.8 Å². The number of ether oxygens (including phenoxy) is 1. The largest absolute Gasteiger partial charge is 0.377 e. The Bertz CT molecular complexity index is 516. The van der Waals surface area contributed by atoms with Crippen LogP contribution < -0.4 is 5.73 Å². The number of nitrogens with two attached hydrogens (primary N) is 1. The van der Waals surface area contributed by atoms with Gasteiger partial charge in [0.15, 0.2) is 0 Å². The van der Waals surface area contributed by atoms with Crippen molar-refractivity contribution in [3.05, 3.63) is 35.4 Å². The van der Waals surface area contributed by atoms with Gasteiger partial charge in [0.25, 0.3) is 5.91 Å². The van der Waals surface area contributed by atoms with Crippen LogP contribution in [0, 0.1) is 11.8 Å². The number of carbonyl (C=O) groups excluding carboxylic acids is 1. The van der Waals surface area contributed by atoms with Crippen LogP contribution in [0.3, 0.4) is 0 Å². The van der Waals surface area contributed by atoms with Crippen molar-refractivity contribution in [1.82, 2.24) is 4.90 Å². The van der Waals surface area contributed by atoms with Gasteiger partial charge in [-0.1, -0.05) is 24.0 Å². The molecule has 1 atom stereocenters. The number of amides is 1. The number of hydrogen-bond donors (Lipinski definition) is 1. The Morgan fingerprint density at radius 1 is 1.53 bits per heavy atom. The topological polar surface area (TPSA) is 55.6 Å². The Labute approximate surface area is 113 Å². The summed E-state index contributed by atoms with van der Waals surface area (Å²) in [6.07, 6.45) is 0. The summed E-state index contributed by atoms with van der Waals surface area (Å²) in [5.74, 6) is 5.76. The molecule has 1 unspecified atom stereocenters. The number of carbonyl (C=O) groups is 1. The predicted octanol–water partition coefficient (Wildman–Crippen LogP) is 0.858. The highest BCUT2D eigenvalue weighted by Crippen LogP contribution is 2.15. The second kappa shape index (κ2) is 6.37. The van der Waals surface area contributed by atoms with Crippen LogP contribution in [0.5, 0.6) is 0 Å². The van der Waals surface area contributed by atoms with Crippen LogP contribution in [0.15, 0.2) is 24.3 Å². The average molecular weight is 258 g/mol. The summed E-state index contributed by atoms with van der Waals surface area (Å²) in [6, 6.07) is 7.48. The molecule has 0 spiro atoms. The van der Waals surface area contributed by atoms with Gasteiger partial charge in [-0.2, -0.15) is 0 Å². The molecule has 0 aromatic heterocycles. The van der Waals surface area contributed by atoms with Crippen LogP contribution in [0.4, 0.5) is 0 Å². The Morgan fingerprint density at radius 2 is 2.32 bits per heavy atom. The van der Waals surface area contributed by atoms with Crippen LogP contribution in [-0.4, -0.2) is 43.2 Å². The quantitative estimate of drug-likeness (QED) is 0.760. The molecule has 4 heteroatoms. The van der Waals surface area contributed by atoms with E-state index in [0.717, 1.165) is 5.56 Å². The van der Waals surface area contributed by atoms with Crippen molar-refractivity contribution >= 4 is 5.91 Å². The lowest BCUT2D eigenvalue weighted by atomic mass is 10.1. The minimum atomic E-state index is 0.0118. The van der Waals surface area contributed by atoms with E-state index in [-0.39, 0.29) is 18.5 Å². The number of nitrogens with zero attached hydrogens (tertiary/aromatic N) is 1. The standard InChI is InChI=1S/C15H18N2O2/c1-12-11-19-10-9-17(12)15(18)14-7-3-2-5-13(14)6-4-8-16/h2-3,5,7,12H,8-11,16H2,1H3. The molecular weight excluding hydrogens is 240 g/mol. The molecule has 2 rings (SSSR count). The minimum Gasteiger partial charge on any atom is -0.377 e. The van der Waals surface area contributed by atoms with E-state index in [9.17, 15) is 4.79 Å². The van der Waals surface area contributed by atoms with Crippen LogP contribution in [0.2, 0.25) is 0 Å². The summed E-state index contributed by atoms with van der Waals surface area (Å²) in [5, 5.41) is 0. The fourth-order valence-corrected chi connectivity index (χ4v) is 2.11. The van der Waals surface area contributed by atoms with Gasteiger partial charge < -0.3 is 15.4 Å². The maximum atomic E-state index is 12.6. The van der Waals surface area contributed by atoms with Crippen LogP contribution >= 0.6 is 0 Å². The number of morpholine rings is 1. The number of hydrogen-bond acceptors (Lipinski definition) is 3. The Kier molecular flexibility index (Phi) is 4.56. The molecular formula is C15H18N2O2. The van der Waals surface area contributed by atoms with Gasteiger partial charge in [0, 0.05) is 12.1 Å². The summed E-state index contributed by atoms with van der Waals surface area (Å²) in [5.41, 5.74) is 6.75. The van der Waals surface area contributed by atoms with Crippen molar-refractivity contribution in [2.75, 3.05) is 26.3 Å². The van der Waals surface area contributed by atoms with Crippen molar-refractivity contribution in [3.63, 3.8) is 0 Å². The SMILES string of the molecule is CC1COCCN1C(=O)c1ccccc1C#CCN. The van der Waals surface area contributed by atoms with Gasteiger partial charge in [-0.05, 0) is 19.1 Å². The molecule has 0 radical (unpaired) electrons. The molecule has 1 fully saturated rings. The third-order valence-electron chi connectivity index (χ3n) is 3.11. The van der Waals surface area contributed by atoms with E-state index < -0.39 is 0 Å². The van der Waals surface area contributed by atoms with Gasteiger partial charge in [0.05, 0.1) is 31.4 Å². The first-order valence-electron chi connectivity index (χ1n) is 6.40. The Morgan fingerprint density at radius 3 is 3.05 bits per heavy atom. The van der Waals surface area contributed by atoms with Crippen molar-refractivity contribution in [2.45, 2.75) is 13.0 Å². The molecule has 1 aliphatic heterocycles. The molecule has 1 heterocycles. The smallest absolute Gasteiger partial charge is 0.255 e. The van der Waals surface area contributed by atoms with Gasteiger partial charge in [0.2, 0.25) is 0 Å². The van der Waals surface area contributed by atoms with E-state index in [1.54, 1.807) is 0 Å². The zero-order valence-corrected chi connectivity index (χ0v) is 11.1. The highest BCUT2D eigenvalue weighted by Gasteiger charge is 2.25. The van der Waals surface area contributed by atoms with Crippen molar-refractivity contribution < 1.29 is 9.53 Å². The van der Waals surface area contributed by atoms with E-state index in [0.29, 0.717) is 25.3 Å². The predicted molar refractivity (Wildman–Crippen MR) is 73.7 cm³/mol. The first-order valence-corrected chi connectivity index (χ1v) is 6.40. The maximum Gasteiger partial charge on any atom is 0.255 e. The molecule has 1 aromatic carbocycles. The molecule has 4 nitrogen and oxygen atoms in total. The lowest BCUT2D eigenvalue weighted by molar-refractivity contribution is 0.00358. The zero-order valence-electron chi connectivity index (χ0n) is 11.1.